The van der Waals surface area contributed by atoms with E-state index >= 15 is 0 Å². The van der Waals surface area contributed by atoms with Gasteiger partial charge in [-0.2, -0.15) is 5.10 Å². The van der Waals surface area contributed by atoms with Crippen LogP contribution in [0.5, 0.6) is 5.75 Å². The van der Waals surface area contributed by atoms with Gasteiger partial charge in [0.15, 0.2) is 0 Å². The molecule has 6 nitrogen and oxygen atoms in total. The van der Waals surface area contributed by atoms with Crippen molar-refractivity contribution < 1.29 is 9.90 Å². The Kier molecular flexibility index (Phi) is 3.28. The van der Waals surface area contributed by atoms with Gasteiger partial charge in [-0.15, -0.1) is 0 Å². The summed E-state index contributed by atoms with van der Waals surface area (Å²) in [6.07, 6.45) is 3.15. The Bertz CT molecular complexity index is 589. The molecule has 0 unspecified atom stereocenters. The van der Waals surface area contributed by atoms with Crippen molar-refractivity contribution in [2.75, 3.05) is 31.1 Å². The molecular formula is C14H16N4O2. The van der Waals surface area contributed by atoms with Crippen LogP contribution in [0.1, 0.15) is 10.4 Å². The van der Waals surface area contributed by atoms with Gasteiger partial charge in [0.25, 0.3) is 5.91 Å². The van der Waals surface area contributed by atoms with Crippen LogP contribution in [0.25, 0.3) is 0 Å². The summed E-state index contributed by atoms with van der Waals surface area (Å²) in [5.41, 5.74) is 1.41. The van der Waals surface area contributed by atoms with Gasteiger partial charge < -0.3 is 14.9 Å². The molecule has 1 aromatic carbocycles. The first-order valence-electron chi connectivity index (χ1n) is 6.57. The highest BCUT2D eigenvalue weighted by atomic mass is 16.3. The molecule has 3 rings (SSSR count). The van der Waals surface area contributed by atoms with Crippen molar-refractivity contribution in [3.05, 3.63) is 42.2 Å². The quantitative estimate of drug-likeness (QED) is 0.858. The number of amides is 1. The molecule has 2 N–H and O–H groups in total. The summed E-state index contributed by atoms with van der Waals surface area (Å²) in [6, 6.07) is 7.27. The van der Waals surface area contributed by atoms with E-state index in [1.165, 1.54) is 6.20 Å². The predicted molar refractivity (Wildman–Crippen MR) is 74.8 cm³/mol. The van der Waals surface area contributed by atoms with Gasteiger partial charge in [0.1, 0.15) is 5.75 Å². The van der Waals surface area contributed by atoms with Gasteiger partial charge in [0.05, 0.1) is 17.4 Å². The number of H-pyrrole nitrogens is 1. The maximum atomic E-state index is 12.2. The van der Waals surface area contributed by atoms with Crippen molar-refractivity contribution in [3.63, 3.8) is 0 Å². The Labute approximate surface area is 116 Å². The molecule has 1 aromatic heterocycles. The zero-order chi connectivity index (χ0) is 13.9. The topological polar surface area (TPSA) is 72.5 Å². The van der Waals surface area contributed by atoms with Gasteiger partial charge in [0.2, 0.25) is 0 Å². The van der Waals surface area contributed by atoms with Crippen LogP contribution in [-0.2, 0) is 0 Å². The molecule has 6 heteroatoms. The zero-order valence-corrected chi connectivity index (χ0v) is 11.0. The van der Waals surface area contributed by atoms with Crippen molar-refractivity contribution in [2.45, 2.75) is 0 Å². The van der Waals surface area contributed by atoms with Crippen LogP contribution in [0, 0.1) is 0 Å². The number of aromatic amines is 1. The molecule has 0 spiro atoms. The fourth-order valence-corrected chi connectivity index (χ4v) is 2.43. The molecule has 1 saturated heterocycles. The monoisotopic (exact) mass is 272 g/mol. The number of anilines is 1. The number of phenols is 1. The highest BCUT2D eigenvalue weighted by Crippen LogP contribution is 2.27. The smallest absolute Gasteiger partial charge is 0.257 e. The van der Waals surface area contributed by atoms with E-state index in [2.05, 4.69) is 15.1 Å². The van der Waals surface area contributed by atoms with Crippen LogP contribution in [0.2, 0.25) is 0 Å². The number of carbonyl (C=O) groups excluding carboxylic acids is 1. The Hall–Kier alpha value is -2.50. The number of hydrogen-bond donors (Lipinski definition) is 2. The van der Waals surface area contributed by atoms with Crippen molar-refractivity contribution >= 4 is 11.6 Å². The summed E-state index contributed by atoms with van der Waals surface area (Å²) >= 11 is 0. The summed E-state index contributed by atoms with van der Waals surface area (Å²) in [6.45, 7) is 2.69. The van der Waals surface area contributed by atoms with Crippen LogP contribution in [-0.4, -0.2) is 52.3 Å². The molecule has 0 radical (unpaired) electrons. The first-order chi connectivity index (χ1) is 9.75. The third-order valence-electron chi connectivity index (χ3n) is 3.53. The number of nitrogens with zero attached hydrogens (tertiary/aromatic N) is 3. The molecule has 2 heterocycles. The van der Waals surface area contributed by atoms with Crippen molar-refractivity contribution in [2.24, 2.45) is 0 Å². The average Bonchev–Trinajstić information content (AvgIpc) is 3.01. The molecule has 2 aromatic rings. The normalized spacial score (nSPS) is 15.4. The highest BCUT2D eigenvalue weighted by Gasteiger charge is 2.23. The summed E-state index contributed by atoms with van der Waals surface area (Å²) < 4.78 is 0. The number of para-hydroxylation sites is 2. The van der Waals surface area contributed by atoms with Crippen molar-refractivity contribution in [3.8, 4) is 5.75 Å². The number of nitrogens with one attached hydrogen (secondary N) is 1. The van der Waals surface area contributed by atoms with E-state index in [0.29, 0.717) is 31.7 Å². The third kappa shape index (κ3) is 2.32. The molecule has 1 fully saturated rings. The van der Waals surface area contributed by atoms with Crippen molar-refractivity contribution in [1.29, 1.82) is 0 Å². The van der Waals surface area contributed by atoms with Crippen LogP contribution >= 0.6 is 0 Å². The second kappa shape index (κ2) is 5.24. The lowest BCUT2D eigenvalue weighted by atomic mass is 10.2. The molecule has 1 aliphatic heterocycles. The molecule has 0 aliphatic carbocycles. The number of piperazine rings is 1. The fourth-order valence-electron chi connectivity index (χ4n) is 2.43. The van der Waals surface area contributed by atoms with Crippen LogP contribution in [0.4, 0.5) is 5.69 Å². The van der Waals surface area contributed by atoms with Gasteiger partial charge in [-0.3, -0.25) is 9.89 Å². The molecule has 0 atom stereocenters. The maximum absolute atomic E-state index is 12.2. The average molecular weight is 272 g/mol. The van der Waals surface area contributed by atoms with E-state index < -0.39 is 0 Å². The van der Waals surface area contributed by atoms with E-state index in [9.17, 15) is 9.90 Å². The highest BCUT2D eigenvalue weighted by molar-refractivity contribution is 5.93. The van der Waals surface area contributed by atoms with E-state index in [1.807, 2.05) is 12.1 Å². The van der Waals surface area contributed by atoms with E-state index in [0.717, 1.165) is 5.69 Å². The summed E-state index contributed by atoms with van der Waals surface area (Å²) in [5.74, 6) is 0.276. The minimum absolute atomic E-state index is 0.00400. The molecular weight excluding hydrogens is 256 g/mol. The Morgan fingerprint density at radius 2 is 1.95 bits per heavy atom. The van der Waals surface area contributed by atoms with Crippen LogP contribution in [0.15, 0.2) is 36.7 Å². The Balaban J connectivity index is 1.65. The third-order valence-corrected chi connectivity index (χ3v) is 3.53. The number of phenolic OH excluding ortho intramolecular Hbond substituents is 1. The number of carbonyl (C=O) groups is 1. The standard InChI is InChI=1S/C14H16N4O2/c19-13-4-2-1-3-12(13)17-5-7-18(8-6-17)14(20)11-9-15-16-10-11/h1-4,9-10,19H,5-8H2,(H,15,16). The molecule has 0 bridgehead atoms. The number of benzene rings is 1. The first kappa shape index (κ1) is 12.5. The molecule has 1 amide bonds. The second-order valence-corrected chi connectivity index (χ2v) is 4.75. The van der Waals surface area contributed by atoms with Gasteiger partial charge in [0, 0.05) is 32.4 Å². The second-order valence-electron chi connectivity index (χ2n) is 4.75. The summed E-state index contributed by atoms with van der Waals surface area (Å²) in [4.78, 5) is 16.1. The van der Waals surface area contributed by atoms with Crippen molar-refractivity contribution in [1.82, 2.24) is 15.1 Å². The minimum atomic E-state index is -0.00400. The lowest BCUT2D eigenvalue weighted by Gasteiger charge is -2.36. The largest absolute Gasteiger partial charge is 0.506 e. The van der Waals surface area contributed by atoms with E-state index in [4.69, 9.17) is 0 Å². The van der Waals surface area contributed by atoms with Gasteiger partial charge in [-0.1, -0.05) is 12.1 Å². The van der Waals surface area contributed by atoms with Gasteiger partial charge in [-0.25, -0.2) is 0 Å². The Morgan fingerprint density at radius 3 is 2.60 bits per heavy atom. The van der Waals surface area contributed by atoms with E-state index in [-0.39, 0.29) is 11.7 Å². The van der Waals surface area contributed by atoms with Crippen LogP contribution in [0.3, 0.4) is 0 Å². The lowest BCUT2D eigenvalue weighted by Crippen LogP contribution is -2.48. The number of rotatable bonds is 2. The summed E-state index contributed by atoms with van der Waals surface area (Å²) in [5, 5.41) is 16.3. The molecule has 104 valence electrons. The first-order valence-corrected chi connectivity index (χ1v) is 6.57. The van der Waals surface area contributed by atoms with Gasteiger partial charge in [-0.05, 0) is 12.1 Å². The van der Waals surface area contributed by atoms with Crippen LogP contribution < -0.4 is 4.90 Å². The number of aromatic nitrogens is 2. The molecule has 1 aliphatic rings. The molecule has 20 heavy (non-hydrogen) atoms. The lowest BCUT2D eigenvalue weighted by molar-refractivity contribution is 0.0747. The number of hydrogen-bond acceptors (Lipinski definition) is 4. The van der Waals surface area contributed by atoms with E-state index in [1.54, 1.807) is 23.2 Å². The predicted octanol–water partition coefficient (Wildman–Crippen LogP) is 1.08. The van der Waals surface area contributed by atoms with Gasteiger partial charge >= 0.3 is 0 Å². The Morgan fingerprint density at radius 1 is 1.20 bits per heavy atom. The maximum Gasteiger partial charge on any atom is 0.257 e. The fraction of sp³-hybridized carbons (Fsp3) is 0.286. The zero-order valence-electron chi connectivity index (χ0n) is 11.0. The number of aromatic hydroxyl groups is 1. The summed E-state index contributed by atoms with van der Waals surface area (Å²) in [7, 11) is 0. The molecule has 0 saturated carbocycles. The SMILES string of the molecule is O=C(c1cn[nH]c1)N1CCN(c2ccccc2O)CC1. The minimum Gasteiger partial charge on any atom is -0.506 e.